The van der Waals surface area contributed by atoms with Crippen molar-refractivity contribution in [2.45, 2.75) is 52.5 Å². The first-order valence-electron chi connectivity index (χ1n) is 11.7. The van der Waals surface area contributed by atoms with Gasteiger partial charge in [-0.2, -0.15) is 0 Å². The molecular weight excluding hydrogens is 394 g/mol. The smallest absolute Gasteiger partial charge is 0.138 e. The number of nitrogen functional groups attached to an aromatic ring is 1. The predicted molar refractivity (Wildman–Crippen MR) is 134 cm³/mol. The molecule has 0 unspecified atom stereocenters. The minimum atomic E-state index is 0.0916. The molecule has 0 amide bonds. The normalized spacial score (nSPS) is 17.3. The lowest BCUT2D eigenvalue weighted by atomic mass is 9.91. The standard InChI is InChI=1S/C27H33N5/c1-16-12-20(14-21(28)13-16)17(2)29-27-25-15-24(19-8-10-32(4)11-9-19)22-6-5-7-23(22)26(25)30-18(3)31-27/h8,12-15,17H,5-7,9-11,28H2,1-4H3,(H,29,30,31)/t17-/m1/s1. The summed E-state index contributed by atoms with van der Waals surface area (Å²) in [4.78, 5) is 12.1. The van der Waals surface area contributed by atoms with Crippen LogP contribution in [0.5, 0.6) is 0 Å². The zero-order valence-electron chi connectivity index (χ0n) is 19.6. The Morgan fingerprint density at radius 1 is 1.03 bits per heavy atom. The van der Waals surface area contributed by atoms with Crippen molar-refractivity contribution in [2.24, 2.45) is 0 Å². The molecule has 2 heterocycles. The number of anilines is 2. The Balaban J connectivity index is 1.62. The molecule has 1 aliphatic carbocycles. The molecule has 5 heteroatoms. The Bertz CT molecular complexity index is 1210. The van der Waals surface area contributed by atoms with E-state index < -0.39 is 0 Å². The Kier molecular flexibility index (Phi) is 5.38. The lowest BCUT2D eigenvalue weighted by Crippen LogP contribution is -2.24. The summed E-state index contributed by atoms with van der Waals surface area (Å²) in [6.45, 7) is 8.38. The molecule has 0 saturated carbocycles. The van der Waals surface area contributed by atoms with Gasteiger partial charge in [0.15, 0.2) is 0 Å². The maximum Gasteiger partial charge on any atom is 0.138 e. The van der Waals surface area contributed by atoms with E-state index in [0.717, 1.165) is 60.6 Å². The van der Waals surface area contributed by atoms with Crippen LogP contribution in [0.25, 0.3) is 16.5 Å². The summed E-state index contributed by atoms with van der Waals surface area (Å²) < 4.78 is 0. The second kappa shape index (κ2) is 8.21. The maximum absolute atomic E-state index is 6.12. The molecule has 0 bridgehead atoms. The number of hydrogen-bond acceptors (Lipinski definition) is 5. The Labute approximate surface area is 190 Å². The molecule has 5 nitrogen and oxygen atoms in total. The van der Waals surface area contributed by atoms with Crippen molar-refractivity contribution < 1.29 is 0 Å². The molecule has 1 atom stereocenters. The highest BCUT2D eigenvalue weighted by atomic mass is 15.1. The molecule has 2 aromatic carbocycles. The van der Waals surface area contributed by atoms with Crippen LogP contribution in [-0.4, -0.2) is 35.0 Å². The molecule has 0 spiro atoms. The highest BCUT2D eigenvalue weighted by molar-refractivity contribution is 5.96. The van der Waals surface area contributed by atoms with E-state index in [1.54, 1.807) is 0 Å². The van der Waals surface area contributed by atoms with Crippen molar-refractivity contribution in [2.75, 3.05) is 31.2 Å². The number of fused-ring (bicyclic) bond motifs is 3. The number of aromatic nitrogens is 2. The largest absolute Gasteiger partial charge is 0.399 e. The van der Waals surface area contributed by atoms with Gasteiger partial charge in [0.25, 0.3) is 0 Å². The quantitative estimate of drug-likeness (QED) is 0.560. The first-order chi connectivity index (χ1) is 15.4. The van der Waals surface area contributed by atoms with Gasteiger partial charge >= 0.3 is 0 Å². The van der Waals surface area contributed by atoms with Crippen LogP contribution in [0, 0.1) is 13.8 Å². The molecule has 32 heavy (non-hydrogen) atoms. The Morgan fingerprint density at radius 3 is 2.59 bits per heavy atom. The maximum atomic E-state index is 6.12. The van der Waals surface area contributed by atoms with Crippen molar-refractivity contribution >= 4 is 28.0 Å². The molecule has 3 N–H and O–H groups in total. The van der Waals surface area contributed by atoms with Crippen LogP contribution in [0.15, 0.2) is 30.3 Å². The molecule has 5 rings (SSSR count). The van der Waals surface area contributed by atoms with E-state index in [9.17, 15) is 0 Å². The van der Waals surface area contributed by atoms with Crippen LogP contribution in [0.3, 0.4) is 0 Å². The number of aryl methyl sites for hydroxylation is 3. The van der Waals surface area contributed by atoms with Gasteiger partial charge < -0.3 is 16.0 Å². The van der Waals surface area contributed by atoms with Gasteiger partial charge in [-0.05, 0) is 105 Å². The third-order valence-electron chi connectivity index (χ3n) is 6.91. The average molecular weight is 428 g/mol. The summed E-state index contributed by atoms with van der Waals surface area (Å²) in [6, 6.07) is 8.69. The lowest BCUT2D eigenvalue weighted by Gasteiger charge is -2.24. The number of rotatable bonds is 4. The van der Waals surface area contributed by atoms with Gasteiger partial charge in [-0.15, -0.1) is 0 Å². The molecule has 1 aromatic heterocycles. The summed E-state index contributed by atoms with van der Waals surface area (Å²) >= 11 is 0. The van der Waals surface area contributed by atoms with E-state index in [-0.39, 0.29) is 6.04 Å². The third-order valence-corrected chi connectivity index (χ3v) is 6.91. The van der Waals surface area contributed by atoms with E-state index in [1.807, 2.05) is 19.1 Å². The molecular formula is C27H33N5. The van der Waals surface area contributed by atoms with E-state index in [2.05, 4.69) is 49.3 Å². The van der Waals surface area contributed by atoms with Crippen molar-refractivity contribution in [3.63, 3.8) is 0 Å². The van der Waals surface area contributed by atoms with Crippen molar-refractivity contribution in [1.82, 2.24) is 14.9 Å². The van der Waals surface area contributed by atoms with Gasteiger partial charge in [0.2, 0.25) is 0 Å². The van der Waals surface area contributed by atoms with Crippen molar-refractivity contribution in [3.8, 4) is 0 Å². The van der Waals surface area contributed by atoms with Gasteiger partial charge in [-0.1, -0.05) is 12.1 Å². The fourth-order valence-electron chi connectivity index (χ4n) is 5.28. The number of likely N-dealkylation sites (N-methyl/N-ethyl adjacent to an activating group) is 1. The average Bonchev–Trinajstić information content (AvgIpc) is 3.24. The molecule has 0 radical (unpaired) electrons. The van der Waals surface area contributed by atoms with Gasteiger partial charge in [-0.25, -0.2) is 9.97 Å². The predicted octanol–water partition coefficient (Wildman–Crippen LogP) is 5.21. The molecule has 3 aromatic rings. The second-order valence-corrected chi connectivity index (χ2v) is 9.54. The first-order valence-corrected chi connectivity index (χ1v) is 11.7. The van der Waals surface area contributed by atoms with E-state index in [0.29, 0.717) is 0 Å². The highest BCUT2D eigenvalue weighted by Crippen LogP contribution is 2.39. The molecule has 0 saturated heterocycles. The Morgan fingerprint density at radius 2 is 1.84 bits per heavy atom. The van der Waals surface area contributed by atoms with Crippen LogP contribution < -0.4 is 11.1 Å². The third kappa shape index (κ3) is 3.86. The van der Waals surface area contributed by atoms with Gasteiger partial charge in [0.05, 0.1) is 11.6 Å². The minimum Gasteiger partial charge on any atom is -0.399 e. The van der Waals surface area contributed by atoms with Gasteiger partial charge in [0, 0.05) is 24.2 Å². The summed E-state index contributed by atoms with van der Waals surface area (Å²) in [7, 11) is 2.19. The SMILES string of the molecule is Cc1cc(N)cc([C@@H](C)Nc2nc(C)nc3c4c(c(C5=CCN(C)CC5)cc23)CCC4)c1. The van der Waals surface area contributed by atoms with Crippen LogP contribution in [0.2, 0.25) is 0 Å². The van der Waals surface area contributed by atoms with E-state index in [4.69, 9.17) is 15.7 Å². The van der Waals surface area contributed by atoms with Crippen LogP contribution >= 0.6 is 0 Å². The summed E-state index contributed by atoms with van der Waals surface area (Å²) in [6.07, 6.45) is 6.97. The summed E-state index contributed by atoms with van der Waals surface area (Å²) in [5.74, 6) is 1.74. The molecule has 1 aliphatic heterocycles. The molecule has 2 aliphatic rings. The number of nitrogens with two attached hydrogens (primary N) is 1. The van der Waals surface area contributed by atoms with Crippen molar-refractivity contribution in [3.05, 3.63) is 64.0 Å². The summed E-state index contributed by atoms with van der Waals surface area (Å²) in [5, 5.41) is 4.83. The number of benzene rings is 2. The fourth-order valence-corrected chi connectivity index (χ4v) is 5.28. The number of nitrogens with zero attached hydrogens (tertiary/aromatic N) is 3. The first kappa shape index (κ1) is 21.0. The monoisotopic (exact) mass is 427 g/mol. The molecule has 166 valence electrons. The van der Waals surface area contributed by atoms with Gasteiger partial charge in [-0.3, -0.25) is 0 Å². The minimum absolute atomic E-state index is 0.0916. The lowest BCUT2D eigenvalue weighted by molar-refractivity contribution is 0.370. The second-order valence-electron chi connectivity index (χ2n) is 9.54. The van der Waals surface area contributed by atoms with Gasteiger partial charge in [0.1, 0.15) is 11.6 Å². The highest BCUT2D eigenvalue weighted by Gasteiger charge is 2.24. The van der Waals surface area contributed by atoms with E-state index >= 15 is 0 Å². The molecule has 0 fully saturated rings. The van der Waals surface area contributed by atoms with E-state index in [1.165, 1.54) is 39.8 Å². The number of nitrogens with one attached hydrogen (secondary N) is 1. The fraction of sp³-hybridized carbons (Fsp3) is 0.407. The summed E-state index contributed by atoms with van der Waals surface area (Å²) in [5.41, 5.74) is 16.2. The zero-order chi connectivity index (χ0) is 22.4. The topological polar surface area (TPSA) is 67.1 Å². The number of hydrogen-bond donors (Lipinski definition) is 2. The Hall–Kier alpha value is -2.92. The zero-order valence-corrected chi connectivity index (χ0v) is 19.6. The van der Waals surface area contributed by atoms with Crippen LogP contribution in [0.4, 0.5) is 11.5 Å². The van der Waals surface area contributed by atoms with Crippen molar-refractivity contribution in [1.29, 1.82) is 0 Å². The van der Waals surface area contributed by atoms with Crippen LogP contribution in [0.1, 0.15) is 59.4 Å². The van der Waals surface area contributed by atoms with Crippen LogP contribution in [-0.2, 0) is 12.8 Å².